The zero-order valence-corrected chi connectivity index (χ0v) is 18.4. The smallest absolute Gasteiger partial charge is 0.192 e. The monoisotopic (exact) mass is 376 g/mol. The molecule has 0 saturated heterocycles. The molecule has 2 aliphatic carbocycles. The van der Waals surface area contributed by atoms with Gasteiger partial charge >= 0.3 is 0 Å². The van der Waals surface area contributed by atoms with Crippen LogP contribution in [0.5, 0.6) is 0 Å². The van der Waals surface area contributed by atoms with Crippen molar-refractivity contribution in [2.45, 2.75) is 90.5 Å². The Labute approximate surface area is 160 Å². The standard InChI is InChI=1S/C22H36O3Si/c1-21(2,3)26(5,6)25-20(18-12-7-8-13-19(18)24)15-17-11-9-10-14-22(17,4)16-23/h9-10,12,16-17,20H,7-8,11,13-15H2,1-6H3/t17-,20+,22-/m0/s1. The Morgan fingerprint density at radius 1 is 1.35 bits per heavy atom. The second-order valence-corrected chi connectivity index (χ2v) is 14.6. The summed E-state index contributed by atoms with van der Waals surface area (Å²) in [6.07, 6.45) is 12.2. The number of Topliss-reactive ketones (excluding diaryl/α,β-unsaturated/α-hetero) is 1. The molecule has 3 nitrogen and oxygen atoms in total. The SMILES string of the molecule is CC(C)(C)[Si](C)(C)O[C@H](C[C@@H]1CC=CC[C@@]1(C)C=O)C1=CCCCC1=O. The molecule has 4 heteroatoms. The van der Waals surface area contributed by atoms with Crippen molar-refractivity contribution < 1.29 is 14.0 Å². The third-order valence-electron chi connectivity index (χ3n) is 6.73. The van der Waals surface area contributed by atoms with E-state index in [4.69, 9.17) is 4.43 Å². The van der Waals surface area contributed by atoms with Gasteiger partial charge in [-0.2, -0.15) is 0 Å². The Morgan fingerprint density at radius 2 is 2.04 bits per heavy atom. The molecule has 0 aromatic carbocycles. The summed E-state index contributed by atoms with van der Waals surface area (Å²) in [6, 6.07) is 0. The Morgan fingerprint density at radius 3 is 2.62 bits per heavy atom. The Balaban J connectivity index is 2.32. The van der Waals surface area contributed by atoms with Gasteiger partial charge < -0.3 is 9.22 Å². The van der Waals surface area contributed by atoms with Crippen LogP contribution in [0.4, 0.5) is 0 Å². The molecule has 0 aromatic heterocycles. The fourth-order valence-electron chi connectivity index (χ4n) is 3.66. The van der Waals surface area contributed by atoms with Gasteiger partial charge in [-0.05, 0) is 56.2 Å². The van der Waals surface area contributed by atoms with Gasteiger partial charge in [0.05, 0.1) is 6.10 Å². The predicted molar refractivity (Wildman–Crippen MR) is 110 cm³/mol. The number of ketones is 1. The second-order valence-electron chi connectivity index (χ2n) is 9.81. The normalized spacial score (nSPS) is 28.6. The van der Waals surface area contributed by atoms with Crippen molar-refractivity contribution in [2.75, 3.05) is 0 Å². The van der Waals surface area contributed by atoms with Crippen LogP contribution >= 0.6 is 0 Å². The van der Waals surface area contributed by atoms with E-state index in [-0.39, 0.29) is 28.3 Å². The molecule has 0 aliphatic heterocycles. The van der Waals surface area contributed by atoms with E-state index in [0.717, 1.165) is 44.0 Å². The van der Waals surface area contributed by atoms with Gasteiger partial charge in [0.25, 0.3) is 0 Å². The Kier molecular flexibility index (Phi) is 6.50. The molecule has 0 saturated carbocycles. The largest absolute Gasteiger partial charge is 0.410 e. The van der Waals surface area contributed by atoms with Gasteiger partial charge in [-0.1, -0.05) is 45.9 Å². The third kappa shape index (κ3) is 4.64. The summed E-state index contributed by atoms with van der Waals surface area (Å²) < 4.78 is 6.76. The molecule has 0 unspecified atom stereocenters. The number of rotatable bonds is 6. The second kappa shape index (κ2) is 7.93. The number of hydrogen-bond acceptors (Lipinski definition) is 3. The van der Waals surface area contributed by atoms with Crippen LogP contribution in [0.15, 0.2) is 23.8 Å². The van der Waals surface area contributed by atoms with Gasteiger partial charge in [0.2, 0.25) is 0 Å². The summed E-state index contributed by atoms with van der Waals surface area (Å²) in [5.74, 6) is 0.453. The molecule has 2 rings (SSSR count). The minimum Gasteiger partial charge on any atom is -0.410 e. The summed E-state index contributed by atoms with van der Waals surface area (Å²) in [5.41, 5.74) is 0.506. The maximum absolute atomic E-state index is 12.6. The zero-order chi connectivity index (χ0) is 19.6. The summed E-state index contributed by atoms with van der Waals surface area (Å²) in [6.45, 7) is 13.2. The topological polar surface area (TPSA) is 43.4 Å². The lowest BCUT2D eigenvalue weighted by molar-refractivity contribution is -0.118. The maximum Gasteiger partial charge on any atom is 0.192 e. The van der Waals surface area contributed by atoms with Crippen LogP contribution < -0.4 is 0 Å². The predicted octanol–water partition coefficient (Wildman–Crippen LogP) is 5.62. The molecule has 0 fully saturated rings. The molecule has 0 radical (unpaired) electrons. The number of hydrogen-bond donors (Lipinski definition) is 0. The molecular weight excluding hydrogens is 340 g/mol. The van der Waals surface area contributed by atoms with Crippen LogP contribution in [0.2, 0.25) is 18.1 Å². The quantitative estimate of drug-likeness (QED) is 0.343. The molecule has 0 amide bonds. The number of carbonyl (C=O) groups excluding carboxylic acids is 2. The molecule has 0 N–H and O–H groups in total. The van der Waals surface area contributed by atoms with Crippen molar-refractivity contribution in [1.29, 1.82) is 0 Å². The van der Waals surface area contributed by atoms with Crippen LogP contribution in [0, 0.1) is 11.3 Å². The van der Waals surface area contributed by atoms with Crippen LogP contribution in [0.25, 0.3) is 0 Å². The van der Waals surface area contributed by atoms with E-state index in [2.05, 4.69) is 59.0 Å². The highest BCUT2D eigenvalue weighted by atomic mass is 28.4. The highest BCUT2D eigenvalue weighted by Gasteiger charge is 2.43. The molecule has 0 heterocycles. The van der Waals surface area contributed by atoms with Gasteiger partial charge in [-0.25, -0.2) is 0 Å². The van der Waals surface area contributed by atoms with Gasteiger partial charge in [-0.15, -0.1) is 0 Å². The van der Waals surface area contributed by atoms with Crippen molar-refractivity contribution in [3.05, 3.63) is 23.8 Å². The van der Waals surface area contributed by atoms with E-state index in [1.165, 1.54) is 0 Å². The number of aldehydes is 1. The van der Waals surface area contributed by atoms with Gasteiger partial charge in [0.15, 0.2) is 14.1 Å². The minimum absolute atomic E-state index is 0.0873. The zero-order valence-electron chi connectivity index (χ0n) is 17.4. The van der Waals surface area contributed by atoms with E-state index in [9.17, 15) is 9.59 Å². The summed E-state index contributed by atoms with van der Waals surface area (Å²) in [7, 11) is -2.02. The minimum atomic E-state index is -2.02. The Bertz CT molecular complexity index is 597. The first-order valence-electron chi connectivity index (χ1n) is 10.0. The first-order chi connectivity index (χ1) is 12.0. The summed E-state index contributed by atoms with van der Waals surface area (Å²) >= 11 is 0. The van der Waals surface area contributed by atoms with Crippen LogP contribution in [-0.2, 0) is 14.0 Å². The molecule has 0 aromatic rings. The number of allylic oxidation sites excluding steroid dienone is 3. The molecule has 3 atom stereocenters. The molecule has 0 spiro atoms. The van der Waals surface area contributed by atoms with Crippen molar-refractivity contribution in [3.63, 3.8) is 0 Å². The van der Waals surface area contributed by atoms with Crippen molar-refractivity contribution in [1.82, 2.24) is 0 Å². The average molecular weight is 377 g/mol. The van der Waals surface area contributed by atoms with Crippen molar-refractivity contribution in [3.8, 4) is 0 Å². The summed E-state index contributed by atoms with van der Waals surface area (Å²) in [5, 5.41) is 0.0873. The van der Waals surface area contributed by atoms with Crippen molar-refractivity contribution in [2.24, 2.45) is 11.3 Å². The maximum atomic E-state index is 12.6. The highest BCUT2D eigenvalue weighted by Crippen LogP contribution is 2.43. The molecule has 26 heavy (non-hydrogen) atoms. The summed E-state index contributed by atoms with van der Waals surface area (Å²) in [4.78, 5) is 24.4. The lowest BCUT2D eigenvalue weighted by atomic mass is 9.68. The van der Waals surface area contributed by atoms with E-state index in [1.807, 2.05) is 0 Å². The van der Waals surface area contributed by atoms with Gasteiger partial charge in [0, 0.05) is 17.4 Å². The molecule has 0 bridgehead atoms. The number of carbonyl (C=O) groups is 2. The average Bonchev–Trinajstić information content (AvgIpc) is 2.55. The lowest BCUT2D eigenvalue weighted by Gasteiger charge is -2.43. The van der Waals surface area contributed by atoms with Crippen LogP contribution in [0.1, 0.15) is 66.2 Å². The van der Waals surface area contributed by atoms with Gasteiger partial charge in [-0.3, -0.25) is 4.79 Å². The third-order valence-corrected chi connectivity index (χ3v) is 11.2. The molecule has 2 aliphatic rings. The first kappa shape index (κ1) is 21.3. The Hall–Kier alpha value is -1.00. The van der Waals surface area contributed by atoms with E-state index < -0.39 is 8.32 Å². The van der Waals surface area contributed by atoms with E-state index in [0.29, 0.717) is 6.42 Å². The molecular formula is C22H36O3Si. The lowest BCUT2D eigenvalue weighted by Crippen LogP contribution is -2.46. The fourth-order valence-corrected chi connectivity index (χ4v) is 4.95. The van der Waals surface area contributed by atoms with Crippen LogP contribution in [0.3, 0.4) is 0 Å². The highest BCUT2D eigenvalue weighted by molar-refractivity contribution is 6.74. The molecule has 146 valence electrons. The van der Waals surface area contributed by atoms with Gasteiger partial charge in [0.1, 0.15) is 6.29 Å². The van der Waals surface area contributed by atoms with Crippen LogP contribution in [-0.4, -0.2) is 26.5 Å². The first-order valence-corrected chi connectivity index (χ1v) is 12.9. The fraction of sp³-hybridized carbons (Fsp3) is 0.727. The van der Waals surface area contributed by atoms with Crippen molar-refractivity contribution >= 4 is 20.4 Å². The van der Waals surface area contributed by atoms with E-state index in [1.54, 1.807) is 0 Å². The van der Waals surface area contributed by atoms with E-state index >= 15 is 0 Å².